The molecular weight excluding hydrogens is 456 g/mol. The predicted molar refractivity (Wildman–Crippen MR) is 134 cm³/mol. The number of Topliss-reactive ketones (excluding diaryl/α,β-unsaturated/α-hetero) is 2. The second kappa shape index (κ2) is 6.73. The maximum Gasteiger partial charge on any atom is 0.206 e. The molecule has 2 heterocycles. The molecule has 6 heteroatoms. The highest BCUT2D eigenvalue weighted by Crippen LogP contribution is 2.75. The van der Waals surface area contributed by atoms with Gasteiger partial charge in [-0.15, -0.1) is 0 Å². The van der Waals surface area contributed by atoms with E-state index in [4.69, 9.17) is 9.47 Å². The van der Waals surface area contributed by atoms with Crippen molar-refractivity contribution >= 4 is 11.6 Å². The first-order chi connectivity index (χ1) is 16.4. The van der Waals surface area contributed by atoms with E-state index in [0.717, 1.165) is 18.4 Å². The Morgan fingerprint density at radius 2 is 1.67 bits per heavy atom. The summed E-state index contributed by atoms with van der Waals surface area (Å²) in [6, 6.07) is 0. The Bertz CT molecular complexity index is 1130. The molecule has 36 heavy (non-hydrogen) atoms. The second-order valence-corrected chi connectivity index (χ2v) is 14.6. The van der Waals surface area contributed by atoms with Gasteiger partial charge in [-0.1, -0.05) is 39.3 Å². The molecule has 6 rings (SSSR count). The topological polar surface area (TPSA) is 93.1 Å². The van der Waals surface area contributed by atoms with E-state index in [0.29, 0.717) is 12.8 Å². The van der Waals surface area contributed by atoms with E-state index >= 15 is 0 Å². The van der Waals surface area contributed by atoms with Gasteiger partial charge in [0, 0.05) is 30.1 Å². The van der Waals surface area contributed by atoms with Crippen molar-refractivity contribution in [3.05, 3.63) is 23.5 Å². The Hall–Kier alpha value is -1.50. The number of ether oxygens (including phenoxy) is 2. The Morgan fingerprint density at radius 1 is 1.00 bits per heavy atom. The molecule has 198 valence electrons. The van der Waals surface area contributed by atoms with Gasteiger partial charge < -0.3 is 19.7 Å². The Labute approximate surface area is 214 Å². The number of rotatable bonds is 0. The van der Waals surface area contributed by atoms with E-state index in [-0.39, 0.29) is 64.0 Å². The quantitative estimate of drug-likeness (QED) is 0.462. The lowest BCUT2D eigenvalue weighted by Gasteiger charge is -2.63. The summed E-state index contributed by atoms with van der Waals surface area (Å²) in [7, 11) is 0. The van der Waals surface area contributed by atoms with E-state index in [9.17, 15) is 19.8 Å². The first-order valence-electron chi connectivity index (χ1n) is 13.7. The van der Waals surface area contributed by atoms with Crippen molar-refractivity contribution in [3.63, 3.8) is 0 Å². The lowest BCUT2D eigenvalue weighted by molar-refractivity contribution is -0.276. The van der Waals surface area contributed by atoms with Crippen LogP contribution in [0.1, 0.15) is 81.1 Å². The molecule has 2 aliphatic heterocycles. The normalized spacial score (nSPS) is 54.5. The smallest absolute Gasteiger partial charge is 0.206 e. The van der Waals surface area contributed by atoms with Gasteiger partial charge in [-0.3, -0.25) is 9.59 Å². The number of carbonyl (C=O) groups excluding carboxylic acids is 2. The van der Waals surface area contributed by atoms with Gasteiger partial charge in [0.15, 0.2) is 11.5 Å². The largest absolute Gasteiger partial charge is 0.505 e. The van der Waals surface area contributed by atoms with Crippen molar-refractivity contribution in [2.24, 2.45) is 45.3 Å². The molecule has 0 amide bonds. The Morgan fingerprint density at radius 3 is 2.33 bits per heavy atom. The first kappa shape index (κ1) is 24.8. The van der Waals surface area contributed by atoms with Gasteiger partial charge in [0.2, 0.25) is 5.78 Å². The summed E-state index contributed by atoms with van der Waals surface area (Å²) in [5.74, 6) is -2.04. The zero-order valence-corrected chi connectivity index (χ0v) is 23.0. The van der Waals surface area contributed by atoms with E-state index in [1.54, 1.807) is 6.08 Å². The number of carbonyl (C=O) groups is 2. The third-order valence-corrected chi connectivity index (χ3v) is 12.4. The molecule has 6 nitrogen and oxygen atoms in total. The molecule has 2 N–H and O–H groups in total. The highest BCUT2D eigenvalue weighted by atomic mass is 16.7. The first-order valence-corrected chi connectivity index (χ1v) is 13.7. The van der Waals surface area contributed by atoms with Crippen molar-refractivity contribution < 1.29 is 29.3 Å². The van der Waals surface area contributed by atoms with Crippen LogP contribution in [-0.4, -0.2) is 45.4 Å². The summed E-state index contributed by atoms with van der Waals surface area (Å²) in [4.78, 5) is 27.2. The van der Waals surface area contributed by atoms with E-state index in [1.165, 1.54) is 0 Å². The minimum absolute atomic E-state index is 0.0132. The predicted octanol–water partition coefficient (Wildman–Crippen LogP) is 4.90. The number of hydrogen-bond acceptors (Lipinski definition) is 6. The Kier molecular flexibility index (Phi) is 4.64. The average Bonchev–Trinajstić information content (AvgIpc) is 3.08. The molecule has 4 aliphatic carbocycles. The van der Waals surface area contributed by atoms with Crippen LogP contribution in [0.3, 0.4) is 0 Å². The summed E-state index contributed by atoms with van der Waals surface area (Å²) in [5, 5.41) is 22.3. The number of ketones is 2. The van der Waals surface area contributed by atoms with Crippen LogP contribution in [-0.2, 0) is 19.1 Å². The fourth-order valence-corrected chi connectivity index (χ4v) is 10.1. The van der Waals surface area contributed by atoms with Crippen molar-refractivity contribution in [3.8, 4) is 0 Å². The van der Waals surface area contributed by atoms with Crippen molar-refractivity contribution in [1.29, 1.82) is 0 Å². The molecule has 10 atom stereocenters. The van der Waals surface area contributed by atoms with Gasteiger partial charge in [0.1, 0.15) is 5.78 Å². The highest BCUT2D eigenvalue weighted by molar-refractivity contribution is 6.02. The third kappa shape index (κ3) is 2.59. The highest BCUT2D eigenvalue weighted by Gasteiger charge is 2.75. The molecule has 2 saturated carbocycles. The van der Waals surface area contributed by atoms with Crippen LogP contribution < -0.4 is 0 Å². The van der Waals surface area contributed by atoms with Crippen LogP contribution in [0.5, 0.6) is 0 Å². The SMILES string of the molecule is C[C@H]1[C@@H]2[C@@H](C[C@@]3(C)[C@@H]4CC=C5[C@@H](C=C(O)C(=O)C5(C)C)[C@]4(C)C(=O)C[C@]23C)O[C@H]2C[C@]1(O)OC2(C)C. The van der Waals surface area contributed by atoms with Gasteiger partial charge >= 0.3 is 0 Å². The minimum atomic E-state index is -1.27. The monoisotopic (exact) mass is 498 g/mol. The van der Waals surface area contributed by atoms with Crippen LogP contribution in [0.4, 0.5) is 0 Å². The van der Waals surface area contributed by atoms with Gasteiger partial charge in [-0.05, 0) is 69.3 Å². The molecule has 2 bridgehead atoms. The van der Waals surface area contributed by atoms with Gasteiger partial charge in [0.25, 0.3) is 0 Å². The lowest BCUT2D eigenvalue weighted by Crippen LogP contribution is -2.63. The third-order valence-electron chi connectivity index (χ3n) is 12.4. The molecule has 0 aromatic heterocycles. The summed E-state index contributed by atoms with van der Waals surface area (Å²) in [6.45, 7) is 16.4. The van der Waals surface area contributed by atoms with Crippen LogP contribution in [0, 0.1) is 45.3 Å². The van der Waals surface area contributed by atoms with E-state index < -0.39 is 22.2 Å². The average molecular weight is 499 g/mol. The van der Waals surface area contributed by atoms with Gasteiger partial charge in [-0.2, -0.15) is 0 Å². The molecular formula is C30H42O6. The number of fused-ring (bicyclic) bond motifs is 9. The summed E-state index contributed by atoms with van der Waals surface area (Å²) < 4.78 is 13.1. The molecule has 2 saturated heterocycles. The zero-order chi connectivity index (χ0) is 26.4. The summed E-state index contributed by atoms with van der Waals surface area (Å²) in [5.41, 5.74) is -1.76. The van der Waals surface area contributed by atoms with Crippen LogP contribution >= 0.6 is 0 Å². The second-order valence-electron chi connectivity index (χ2n) is 14.6. The fraction of sp³-hybridized carbons (Fsp3) is 0.800. The number of hydrogen-bond donors (Lipinski definition) is 2. The van der Waals surface area contributed by atoms with Gasteiger partial charge in [-0.25, -0.2) is 0 Å². The maximum absolute atomic E-state index is 14.3. The van der Waals surface area contributed by atoms with Crippen LogP contribution in [0.15, 0.2) is 23.5 Å². The fourth-order valence-electron chi connectivity index (χ4n) is 10.1. The number of aliphatic hydroxyl groups is 2. The molecule has 0 radical (unpaired) electrons. The summed E-state index contributed by atoms with van der Waals surface area (Å²) >= 11 is 0. The van der Waals surface area contributed by atoms with Crippen molar-refractivity contribution in [2.45, 2.75) is 105 Å². The standard InChI is InChI=1S/C30H42O6/c1-15-23-19(35-22-14-30(15,34)36-26(22,4)5)12-27(6)20-10-9-16-17(11-18(31)24(33)25(16,2)3)29(20,8)21(32)13-28(23,27)7/h9,11,15,17,19-20,22-23,31,34H,10,12-14H2,1-8H3/t15-,17+,19+,20-,22-,23+,27-,28+,29-,30-/m0/s1. The molecule has 4 fully saturated rings. The van der Waals surface area contributed by atoms with Crippen molar-refractivity contribution in [1.82, 2.24) is 0 Å². The number of aliphatic hydroxyl groups excluding tert-OH is 1. The number of allylic oxidation sites excluding steroid dienone is 4. The zero-order valence-electron chi connectivity index (χ0n) is 23.0. The molecule has 0 spiro atoms. The van der Waals surface area contributed by atoms with Crippen LogP contribution in [0.2, 0.25) is 0 Å². The van der Waals surface area contributed by atoms with Crippen LogP contribution in [0.25, 0.3) is 0 Å². The summed E-state index contributed by atoms with van der Waals surface area (Å²) in [6.07, 6.45) is 5.96. The van der Waals surface area contributed by atoms with Gasteiger partial charge in [0.05, 0.1) is 23.2 Å². The maximum atomic E-state index is 14.3. The Balaban J connectivity index is 1.48. The van der Waals surface area contributed by atoms with E-state index in [1.807, 2.05) is 27.7 Å². The molecule has 6 aliphatic rings. The molecule has 0 aromatic carbocycles. The molecule has 0 unspecified atom stereocenters. The van der Waals surface area contributed by atoms with Crippen molar-refractivity contribution in [2.75, 3.05) is 0 Å². The lowest BCUT2D eigenvalue weighted by atomic mass is 9.39. The minimum Gasteiger partial charge on any atom is -0.505 e. The molecule has 0 aromatic rings. The van der Waals surface area contributed by atoms with E-state index in [2.05, 4.69) is 33.8 Å².